The first kappa shape index (κ1) is 18.0. The van der Waals surface area contributed by atoms with Crippen LogP contribution in [0.5, 0.6) is 0 Å². The largest absolute Gasteiger partial charge is 0.466 e. The maximum Gasteiger partial charge on any atom is 0.305 e. The van der Waals surface area contributed by atoms with E-state index in [4.69, 9.17) is 4.74 Å². The number of ether oxygens (including phenoxy) is 1. The summed E-state index contributed by atoms with van der Waals surface area (Å²) in [5.41, 5.74) is 1.39. The van der Waals surface area contributed by atoms with Gasteiger partial charge >= 0.3 is 5.97 Å². The number of benzene rings is 1. The minimum Gasteiger partial charge on any atom is -0.466 e. The first-order chi connectivity index (χ1) is 11.2. The highest BCUT2D eigenvalue weighted by atomic mass is 16.5. The number of hydrogen-bond acceptors (Lipinski definition) is 3. The number of nitrogens with zero attached hydrogens (tertiary/aromatic N) is 1. The molecule has 2 rings (SSSR count). The van der Waals surface area contributed by atoms with Gasteiger partial charge in [0, 0.05) is 19.0 Å². The van der Waals surface area contributed by atoms with Crippen molar-refractivity contribution < 1.29 is 9.53 Å². The molecular weight excluding hydrogens is 286 g/mol. The van der Waals surface area contributed by atoms with E-state index in [0.717, 1.165) is 18.9 Å². The fourth-order valence-electron chi connectivity index (χ4n) is 3.64. The Labute approximate surface area is 141 Å². The number of hydrogen-bond donors (Lipinski definition) is 0. The number of rotatable bonds is 8. The SMILES string of the molecule is CCOC(=O)CCCC1CCC(N(C)Cc2ccccc2)CC1. The van der Waals surface area contributed by atoms with Gasteiger partial charge in [0.15, 0.2) is 0 Å². The normalized spacial score (nSPS) is 21.3. The summed E-state index contributed by atoms with van der Waals surface area (Å²) in [7, 11) is 2.25. The highest BCUT2D eigenvalue weighted by Crippen LogP contribution is 2.31. The van der Waals surface area contributed by atoms with Crippen LogP contribution in [0.4, 0.5) is 0 Å². The zero-order valence-corrected chi connectivity index (χ0v) is 14.7. The second-order valence-electron chi connectivity index (χ2n) is 6.77. The van der Waals surface area contributed by atoms with Gasteiger partial charge in [-0.15, -0.1) is 0 Å². The Balaban J connectivity index is 1.64. The van der Waals surface area contributed by atoms with Crippen molar-refractivity contribution in [3.05, 3.63) is 35.9 Å². The molecule has 23 heavy (non-hydrogen) atoms. The van der Waals surface area contributed by atoms with Crippen LogP contribution in [0.15, 0.2) is 30.3 Å². The average molecular weight is 317 g/mol. The molecule has 3 heteroatoms. The van der Waals surface area contributed by atoms with Gasteiger partial charge in [-0.25, -0.2) is 0 Å². The van der Waals surface area contributed by atoms with Gasteiger partial charge < -0.3 is 4.74 Å². The molecule has 1 aliphatic carbocycles. The second-order valence-corrected chi connectivity index (χ2v) is 6.77. The summed E-state index contributed by atoms with van der Waals surface area (Å²) in [5, 5.41) is 0. The molecular formula is C20H31NO2. The van der Waals surface area contributed by atoms with Crippen LogP contribution in [-0.4, -0.2) is 30.6 Å². The average Bonchev–Trinajstić information content (AvgIpc) is 2.56. The van der Waals surface area contributed by atoms with Crippen LogP contribution in [0.1, 0.15) is 57.4 Å². The lowest BCUT2D eigenvalue weighted by atomic mass is 9.82. The van der Waals surface area contributed by atoms with Crippen LogP contribution in [0.25, 0.3) is 0 Å². The summed E-state index contributed by atoms with van der Waals surface area (Å²) in [6.45, 7) is 3.40. The Bertz CT molecular complexity index is 452. The van der Waals surface area contributed by atoms with Crippen LogP contribution in [0.2, 0.25) is 0 Å². The molecule has 0 atom stereocenters. The molecule has 1 aromatic carbocycles. The zero-order valence-electron chi connectivity index (χ0n) is 14.7. The van der Waals surface area contributed by atoms with Crippen LogP contribution in [-0.2, 0) is 16.1 Å². The minimum atomic E-state index is -0.0382. The molecule has 0 bridgehead atoms. The number of carbonyl (C=O) groups is 1. The summed E-state index contributed by atoms with van der Waals surface area (Å²) >= 11 is 0. The van der Waals surface area contributed by atoms with Gasteiger partial charge in [0.1, 0.15) is 0 Å². The summed E-state index contributed by atoms with van der Waals surface area (Å²) in [6, 6.07) is 11.4. The highest BCUT2D eigenvalue weighted by molar-refractivity contribution is 5.69. The van der Waals surface area contributed by atoms with E-state index in [1.54, 1.807) is 0 Å². The Morgan fingerprint density at radius 3 is 2.52 bits per heavy atom. The van der Waals surface area contributed by atoms with Crippen molar-refractivity contribution in [1.29, 1.82) is 0 Å². The van der Waals surface area contributed by atoms with E-state index in [2.05, 4.69) is 42.3 Å². The fraction of sp³-hybridized carbons (Fsp3) is 0.650. The van der Waals surface area contributed by atoms with Crippen LogP contribution >= 0.6 is 0 Å². The summed E-state index contributed by atoms with van der Waals surface area (Å²) < 4.78 is 4.99. The zero-order chi connectivity index (χ0) is 16.5. The van der Waals surface area contributed by atoms with Crippen molar-refractivity contribution in [2.75, 3.05) is 13.7 Å². The quantitative estimate of drug-likeness (QED) is 0.665. The van der Waals surface area contributed by atoms with Gasteiger partial charge in [-0.05, 0) is 64.0 Å². The van der Waals surface area contributed by atoms with Gasteiger partial charge in [-0.2, -0.15) is 0 Å². The third kappa shape index (κ3) is 6.34. The molecule has 0 radical (unpaired) electrons. The summed E-state index contributed by atoms with van der Waals surface area (Å²) in [5.74, 6) is 0.759. The standard InChI is InChI=1S/C20H31NO2/c1-3-23-20(22)11-7-10-17-12-14-19(15-13-17)21(2)16-18-8-5-4-6-9-18/h4-6,8-9,17,19H,3,7,10-16H2,1-2H3. The van der Waals surface area contributed by atoms with Crippen molar-refractivity contribution in [2.24, 2.45) is 5.92 Å². The third-order valence-electron chi connectivity index (χ3n) is 5.01. The van der Waals surface area contributed by atoms with Crippen molar-refractivity contribution in [3.8, 4) is 0 Å². The predicted octanol–water partition coefficient (Wildman–Crippen LogP) is 4.41. The molecule has 1 aromatic rings. The molecule has 0 spiro atoms. The van der Waals surface area contributed by atoms with Crippen LogP contribution < -0.4 is 0 Å². The predicted molar refractivity (Wildman–Crippen MR) is 94.1 cm³/mol. The smallest absolute Gasteiger partial charge is 0.305 e. The maximum absolute atomic E-state index is 11.4. The Morgan fingerprint density at radius 2 is 1.87 bits per heavy atom. The molecule has 1 aliphatic rings. The molecule has 0 unspecified atom stereocenters. The Hall–Kier alpha value is -1.35. The molecule has 0 saturated heterocycles. The minimum absolute atomic E-state index is 0.0382. The topological polar surface area (TPSA) is 29.5 Å². The van der Waals surface area contributed by atoms with Crippen molar-refractivity contribution in [1.82, 2.24) is 4.90 Å². The van der Waals surface area contributed by atoms with E-state index in [1.165, 1.54) is 37.7 Å². The lowest BCUT2D eigenvalue weighted by molar-refractivity contribution is -0.143. The van der Waals surface area contributed by atoms with Gasteiger partial charge in [-0.3, -0.25) is 9.69 Å². The molecule has 0 N–H and O–H groups in total. The third-order valence-corrected chi connectivity index (χ3v) is 5.01. The number of carbonyl (C=O) groups excluding carboxylic acids is 1. The van der Waals surface area contributed by atoms with E-state index in [0.29, 0.717) is 19.1 Å². The van der Waals surface area contributed by atoms with E-state index in [1.807, 2.05) is 6.92 Å². The van der Waals surface area contributed by atoms with Crippen LogP contribution in [0, 0.1) is 5.92 Å². The second kappa shape index (κ2) is 9.71. The van der Waals surface area contributed by atoms with Gasteiger partial charge in [0.05, 0.1) is 6.61 Å². The molecule has 128 valence electrons. The van der Waals surface area contributed by atoms with Crippen molar-refractivity contribution in [3.63, 3.8) is 0 Å². The van der Waals surface area contributed by atoms with E-state index >= 15 is 0 Å². The molecule has 3 nitrogen and oxygen atoms in total. The Kier molecular flexibility index (Phi) is 7.60. The fourth-order valence-corrected chi connectivity index (χ4v) is 3.64. The summed E-state index contributed by atoms with van der Waals surface area (Å²) in [6.07, 6.45) is 7.91. The highest BCUT2D eigenvalue weighted by Gasteiger charge is 2.23. The molecule has 0 heterocycles. The van der Waals surface area contributed by atoms with Crippen LogP contribution in [0.3, 0.4) is 0 Å². The molecule has 1 fully saturated rings. The summed E-state index contributed by atoms with van der Waals surface area (Å²) in [4.78, 5) is 13.9. The molecule has 0 aromatic heterocycles. The molecule has 1 saturated carbocycles. The number of esters is 1. The van der Waals surface area contributed by atoms with Crippen molar-refractivity contribution >= 4 is 5.97 Å². The first-order valence-electron chi connectivity index (χ1n) is 9.08. The van der Waals surface area contributed by atoms with Gasteiger partial charge in [-0.1, -0.05) is 30.3 Å². The van der Waals surface area contributed by atoms with E-state index in [-0.39, 0.29) is 5.97 Å². The van der Waals surface area contributed by atoms with Gasteiger partial charge in [0.25, 0.3) is 0 Å². The first-order valence-corrected chi connectivity index (χ1v) is 9.08. The maximum atomic E-state index is 11.4. The van der Waals surface area contributed by atoms with E-state index in [9.17, 15) is 4.79 Å². The molecule has 0 aliphatic heterocycles. The Morgan fingerprint density at radius 1 is 1.17 bits per heavy atom. The molecule has 0 amide bonds. The lowest BCUT2D eigenvalue weighted by Crippen LogP contribution is -2.34. The van der Waals surface area contributed by atoms with Crippen molar-refractivity contribution in [2.45, 2.75) is 64.5 Å². The van der Waals surface area contributed by atoms with E-state index < -0.39 is 0 Å². The van der Waals surface area contributed by atoms with Gasteiger partial charge in [0.2, 0.25) is 0 Å². The monoisotopic (exact) mass is 317 g/mol. The lowest BCUT2D eigenvalue weighted by Gasteiger charge is -2.34.